The van der Waals surface area contributed by atoms with E-state index < -0.39 is 35.3 Å². The smallest absolute Gasteiger partial charge is 0.407 e. The minimum absolute atomic E-state index is 0.197. The number of anilines is 1. The fourth-order valence-corrected chi connectivity index (χ4v) is 5.02. The number of benzene rings is 1. The second-order valence-corrected chi connectivity index (χ2v) is 10.9. The van der Waals surface area contributed by atoms with Gasteiger partial charge in [-0.15, -0.1) is 0 Å². The highest BCUT2D eigenvalue weighted by atomic mass is 19.1. The molecule has 2 aliphatic rings. The number of halogens is 2. The van der Waals surface area contributed by atoms with E-state index in [1.807, 2.05) is 4.90 Å². The van der Waals surface area contributed by atoms with Crippen LogP contribution in [0.2, 0.25) is 0 Å². The number of hydrogen-bond donors (Lipinski definition) is 1. The number of likely N-dealkylation sites (tertiary alicyclic amines) is 1. The van der Waals surface area contributed by atoms with Crippen LogP contribution in [0.3, 0.4) is 0 Å². The third kappa shape index (κ3) is 7.06. The van der Waals surface area contributed by atoms with E-state index in [2.05, 4.69) is 21.5 Å². The Morgan fingerprint density at radius 2 is 1.89 bits per heavy atom. The molecule has 2 atom stereocenters. The number of ether oxygens (including phenoxy) is 1. The summed E-state index contributed by atoms with van der Waals surface area (Å²) >= 11 is 0. The van der Waals surface area contributed by atoms with Crippen LogP contribution in [0.4, 0.5) is 19.5 Å². The van der Waals surface area contributed by atoms with Gasteiger partial charge in [0.15, 0.2) is 6.19 Å². The quantitative estimate of drug-likeness (QED) is 0.574. The van der Waals surface area contributed by atoms with E-state index in [-0.39, 0.29) is 5.56 Å². The van der Waals surface area contributed by atoms with Crippen molar-refractivity contribution in [3.8, 4) is 6.19 Å². The van der Waals surface area contributed by atoms with Crippen molar-refractivity contribution in [3.63, 3.8) is 0 Å². The number of nitrogens with zero attached hydrogens (tertiary/aromatic N) is 5. The molecule has 2 aliphatic heterocycles. The molecular weight excluding hydrogens is 478 g/mol. The number of nitriles is 1. The normalized spacial score (nSPS) is 20.5. The van der Waals surface area contributed by atoms with E-state index in [0.29, 0.717) is 25.0 Å². The number of aryl methyl sites for hydroxylation is 1. The molecule has 1 amide bonds. The zero-order chi connectivity index (χ0) is 26.6. The number of carbonyl (C=O) groups is 1. The van der Waals surface area contributed by atoms with Crippen molar-refractivity contribution in [1.82, 2.24) is 20.2 Å². The van der Waals surface area contributed by atoms with Crippen LogP contribution in [-0.4, -0.2) is 58.8 Å². The minimum atomic E-state index is -0.687. The molecule has 3 heterocycles. The van der Waals surface area contributed by atoms with Gasteiger partial charge >= 0.3 is 6.09 Å². The highest BCUT2D eigenvalue weighted by molar-refractivity contribution is 5.68. The average Bonchev–Trinajstić information content (AvgIpc) is 3.27. The number of piperidine rings is 1. The Morgan fingerprint density at radius 1 is 1.19 bits per heavy atom. The van der Waals surface area contributed by atoms with Gasteiger partial charge in [-0.1, -0.05) is 0 Å². The van der Waals surface area contributed by atoms with Crippen molar-refractivity contribution in [1.29, 1.82) is 5.26 Å². The van der Waals surface area contributed by atoms with Gasteiger partial charge in [0.25, 0.3) is 0 Å². The Labute approximate surface area is 216 Å². The van der Waals surface area contributed by atoms with Crippen LogP contribution in [0, 0.1) is 29.0 Å². The molecule has 2 fully saturated rings. The summed E-state index contributed by atoms with van der Waals surface area (Å²) in [5.74, 6) is -0.512. The molecule has 37 heavy (non-hydrogen) atoms. The van der Waals surface area contributed by atoms with Gasteiger partial charge in [-0.05, 0) is 81.7 Å². The van der Waals surface area contributed by atoms with Crippen molar-refractivity contribution in [2.24, 2.45) is 5.92 Å². The van der Waals surface area contributed by atoms with Crippen LogP contribution in [-0.2, 0) is 11.2 Å². The molecule has 0 unspecified atom stereocenters. The summed E-state index contributed by atoms with van der Waals surface area (Å²) in [6.07, 6.45) is 9.13. The molecule has 4 rings (SSSR count). The Morgan fingerprint density at radius 3 is 2.54 bits per heavy atom. The number of nitrogens with one attached hydrogen (secondary N) is 1. The Bertz CT molecular complexity index is 1120. The summed E-state index contributed by atoms with van der Waals surface area (Å²) in [5.41, 5.74) is 0.539. The molecule has 0 spiro atoms. The molecule has 2 saturated heterocycles. The van der Waals surface area contributed by atoms with Crippen molar-refractivity contribution in [3.05, 3.63) is 53.4 Å². The molecule has 2 aromatic rings. The first-order chi connectivity index (χ1) is 17.6. The standard InChI is InChI=1S/C27H34F2N6O2/c1-27(2,3)37-26(36)33-24-16-35(15-22(24)21-12-20(28)6-7-23(21)29)25-31-13-19(14-32-25)5-4-18-8-10-34(17-30)11-9-18/h6-7,12-14,18,22,24H,4-5,8-11,15-16H2,1-3H3,(H,33,36)/t22-,24+/m1/s1. The van der Waals surface area contributed by atoms with E-state index in [9.17, 15) is 13.6 Å². The molecule has 198 valence electrons. The van der Waals surface area contributed by atoms with Gasteiger partial charge in [0.05, 0.1) is 6.04 Å². The molecule has 1 aromatic carbocycles. The second-order valence-electron chi connectivity index (χ2n) is 10.9. The topological polar surface area (TPSA) is 94.4 Å². The summed E-state index contributed by atoms with van der Waals surface area (Å²) in [6, 6.07) is 2.84. The molecule has 1 N–H and O–H groups in total. The summed E-state index contributed by atoms with van der Waals surface area (Å²) in [7, 11) is 0. The van der Waals surface area contributed by atoms with Gasteiger partial charge in [-0.25, -0.2) is 23.5 Å². The molecule has 0 saturated carbocycles. The molecule has 10 heteroatoms. The number of amides is 1. The number of rotatable bonds is 6. The maximum atomic E-state index is 14.7. The van der Waals surface area contributed by atoms with E-state index in [1.54, 1.807) is 38.1 Å². The maximum absolute atomic E-state index is 14.7. The van der Waals surface area contributed by atoms with Gasteiger partial charge < -0.3 is 19.9 Å². The Kier molecular flexibility index (Phi) is 8.10. The largest absolute Gasteiger partial charge is 0.444 e. The molecule has 0 bridgehead atoms. The summed E-state index contributed by atoms with van der Waals surface area (Å²) < 4.78 is 34.1. The first kappa shape index (κ1) is 26.6. The van der Waals surface area contributed by atoms with Crippen molar-refractivity contribution >= 4 is 12.0 Å². The predicted molar refractivity (Wildman–Crippen MR) is 135 cm³/mol. The van der Waals surface area contributed by atoms with E-state index in [1.165, 1.54) is 6.07 Å². The lowest BCUT2D eigenvalue weighted by Gasteiger charge is -2.27. The van der Waals surface area contributed by atoms with Crippen LogP contribution in [0.1, 0.15) is 57.1 Å². The number of alkyl carbamates (subject to hydrolysis) is 1. The van der Waals surface area contributed by atoms with Crippen LogP contribution in [0.25, 0.3) is 0 Å². The van der Waals surface area contributed by atoms with Crippen molar-refractivity contribution in [2.75, 3.05) is 31.1 Å². The first-order valence-corrected chi connectivity index (χ1v) is 12.8. The maximum Gasteiger partial charge on any atom is 0.407 e. The molecular formula is C27H34F2N6O2. The summed E-state index contributed by atoms with van der Waals surface area (Å²) in [6.45, 7) is 7.58. The summed E-state index contributed by atoms with van der Waals surface area (Å²) in [5, 5.41) is 11.8. The van der Waals surface area contributed by atoms with Crippen LogP contribution >= 0.6 is 0 Å². The van der Waals surface area contributed by atoms with Crippen molar-refractivity contribution < 1.29 is 18.3 Å². The minimum Gasteiger partial charge on any atom is -0.444 e. The van der Waals surface area contributed by atoms with E-state index in [4.69, 9.17) is 10.00 Å². The van der Waals surface area contributed by atoms with Crippen LogP contribution < -0.4 is 10.2 Å². The SMILES string of the molecule is CC(C)(C)OC(=O)N[C@H]1CN(c2ncc(CCC3CCN(C#N)CC3)cn2)C[C@@H]1c1cc(F)ccc1F. The fraction of sp³-hybridized carbons (Fsp3) is 0.556. The van der Waals surface area contributed by atoms with E-state index >= 15 is 0 Å². The van der Waals surface area contributed by atoms with Gasteiger partial charge in [0, 0.05) is 44.5 Å². The number of aromatic nitrogens is 2. The van der Waals surface area contributed by atoms with Crippen LogP contribution in [0.15, 0.2) is 30.6 Å². The van der Waals surface area contributed by atoms with E-state index in [0.717, 1.165) is 56.5 Å². The second kappa shape index (κ2) is 11.3. The number of carbonyl (C=O) groups excluding carboxylic acids is 1. The average molecular weight is 513 g/mol. The summed E-state index contributed by atoms with van der Waals surface area (Å²) in [4.78, 5) is 25.3. The molecule has 0 aliphatic carbocycles. The molecule has 8 nitrogen and oxygen atoms in total. The number of hydrogen-bond acceptors (Lipinski definition) is 7. The molecule has 1 aromatic heterocycles. The third-order valence-electron chi connectivity index (χ3n) is 6.95. The van der Waals surface area contributed by atoms with Crippen molar-refractivity contribution in [2.45, 2.75) is 64.0 Å². The fourth-order valence-electron chi connectivity index (χ4n) is 5.02. The van der Waals surface area contributed by atoms with Gasteiger partial charge in [0.1, 0.15) is 17.2 Å². The van der Waals surface area contributed by atoms with Gasteiger partial charge in [-0.2, -0.15) is 5.26 Å². The highest BCUT2D eigenvalue weighted by Crippen LogP contribution is 2.32. The zero-order valence-electron chi connectivity index (χ0n) is 21.6. The van der Waals surface area contributed by atoms with Gasteiger partial charge in [0.2, 0.25) is 5.95 Å². The molecule has 0 radical (unpaired) electrons. The third-order valence-corrected chi connectivity index (χ3v) is 6.95. The zero-order valence-corrected chi connectivity index (χ0v) is 21.6. The first-order valence-electron chi connectivity index (χ1n) is 12.8. The lowest BCUT2D eigenvalue weighted by molar-refractivity contribution is 0.0504. The predicted octanol–water partition coefficient (Wildman–Crippen LogP) is 4.38. The monoisotopic (exact) mass is 512 g/mol. The van der Waals surface area contributed by atoms with Crippen LogP contribution in [0.5, 0.6) is 0 Å². The lowest BCUT2D eigenvalue weighted by Crippen LogP contribution is -2.43. The Hall–Kier alpha value is -3.48. The highest BCUT2D eigenvalue weighted by Gasteiger charge is 2.38. The lowest BCUT2D eigenvalue weighted by atomic mass is 9.91. The Balaban J connectivity index is 1.43. The van der Waals surface area contributed by atoms with Gasteiger partial charge in [-0.3, -0.25) is 0 Å².